The van der Waals surface area contributed by atoms with Crippen LogP contribution in [0.1, 0.15) is 16.1 Å². The number of hydrogen-bond donors (Lipinski definition) is 1. The van der Waals surface area contributed by atoms with E-state index in [4.69, 9.17) is 21.3 Å². The quantitative estimate of drug-likeness (QED) is 0.431. The van der Waals surface area contributed by atoms with Gasteiger partial charge in [0.05, 0.1) is 18.4 Å². The maximum Gasteiger partial charge on any atom is 0.255 e. The molecule has 5 rings (SSSR count). The SMILES string of the molecule is COc1ccccc1-c1ccc(CN2CCc3nc(-c4ccc(Cl)cc4)[nH]c(=O)c3C2)s1. The maximum absolute atomic E-state index is 12.8. The molecule has 162 valence electrons. The molecule has 2 aromatic heterocycles. The molecule has 3 heterocycles. The van der Waals surface area contributed by atoms with Gasteiger partial charge in [0.1, 0.15) is 11.6 Å². The molecule has 0 saturated carbocycles. The van der Waals surface area contributed by atoms with Crippen molar-refractivity contribution in [2.45, 2.75) is 19.5 Å². The van der Waals surface area contributed by atoms with Crippen molar-refractivity contribution in [3.8, 4) is 27.6 Å². The molecule has 0 fully saturated rings. The van der Waals surface area contributed by atoms with E-state index in [-0.39, 0.29) is 5.56 Å². The van der Waals surface area contributed by atoms with Crippen LogP contribution in [0.3, 0.4) is 0 Å². The van der Waals surface area contributed by atoms with E-state index in [1.54, 1.807) is 30.6 Å². The van der Waals surface area contributed by atoms with E-state index >= 15 is 0 Å². The lowest BCUT2D eigenvalue weighted by Crippen LogP contribution is -2.35. The summed E-state index contributed by atoms with van der Waals surface area (Å²) in [5.41, 5.74) is 3.54. The van der Waals surface area contributed by atoms with Gasteiger partial charge < -0.3 is 9.72 Å². The van der Waals surface area contributed by atoms with Gasteiger partial charge in [-0.2, -0.15) is 0 Å². The Labute approximate surface area is 195 Å². The lowest BCUT2D eigenvalue weighted by molar-refractivity contribution is 0.244. The molecule has 0 saturated heterocycles. The number of aromatic nitrogens is 2. The summed E-state index contributed by atoms with van der Waals surface area (Å²) in [6.07, 6.45) is 0.755. The molecule has 0 bridgehead atoms. The number of H-pyrrole nitrogens is 1. The van der Waals surface area contributed by atoms with Crippen LogP contribution >= 0.6 is 22.9 Å². The average molecular weight is 464 g/mol. The third-order valence-corrected chi connectivity index (χ3v) is 7.03. The number of thiophene rings is 1. The van der Waals surface area contributed by atoms with Gasteiger partial charge in [0.2, 0.25) is 0 Å². The van der Waals surface area contributed by atoms with Crippen LogP contribution in [-0.4, -0.2) is 28.5 Å². The minimum absolute atomic E-state index is 0.0643. The second-order valence-corrected chi connectivity index (χ2v) is 9.38. The highest BCUT2D eigenvalue weighted by Gasteiger charge is 2.22. The summed E-state index contributed by atoms with van der Waals surface area (Å²) in [5.74, 6) is 1.47. The number of nitrogens with zero attached hydrogens (tertiary/aromatic N) is 2. The van der Waals surface area contributed by atoms with Gasteiger partial charge in [0.25, 0.3) is 5.56 Å². The molecular weight excluding hydrogens is 442 g/mol. The van der Waals surface area contributed by atoms with Crippen LogP contribution in [-0.2, 0) is 19.5 Å². The fourth-order valence-electron chi connectivity index (χ4n) is 4.04. The summed E-state index contributed by atoms with van der Waals surface area (Å²) >= 11 is 7.74. The summed E-state index contributed by atoms with van der Waals surface area (Å²) < 4.78 is 5.50. The summed E-state index contributed by atoms with van der Waals surface area (Å²) in [6.45, 7) is 2.27. The largest absolute Gasteiger partial charge is 0.496 e. The zero-order valence-corrected chi connectivity index (χ0v) is 19.2. The van der Waals surface area contributed by atoms with E-state index in [0.29, 0.717) is 17.4 Å². The highest BCUT2D eigenvalue weighted by Crippen LogP contribution is 2.35. The van der Waals surface area contributed by atoms with Gasteiger partial charge in [0, 0.05) is 52.0 Å². The first kappa shape index (κ1) is 20.9. The fraction of sp³-hybridized carbons (Fsp3) is 0.200. The second kappa shape index (κ2) is 8.90. The van der Waals surface area contributed by atoms with Crippen molar-refractivity contribution in [1.82, 2.24) is 14.9 Å². The third-order valence-electron chi connectivity index (χ3n) is 5.68. The summed E-state index contributed by atoms with van der Waals surface area (Å²) in [7, 11) is 1.70. The lowest BCUT2D eigenvalue weighted by atomic mass is 10.1. The van der Waals surface area contributed by atoms with E-state index < -0.39 is 0 Å². The Morgan fingerprint density at radius 2 is 1.94 bits per heavy atom. The van der Waals surface area contributed by atoms with Crippen LogP contribution in [0, 0.1) is 0 Å². The Bertz CT molecular complexity index is 1310. The predicted molar refractivity (Wildman–Crippen MR) is 129 cm³/mol. The second-order valence-electron chi connectivity index (χ2n) is 7.77. The molecule has 0 amide bonds. The maximum atomic E-state index is 12.8. The van der Waals surface area contributed by atoms with Crippen LogP contribution in [0.5, 0.6) is 5.75 Å². The van der Waals surface area contributed by atoms with Gasteiger partial charge in [0.15, 0.2) is 0 Å². The molecule has 0 radical (unpaired) electrons. The number of aromatic amines is 1. The zero-order valence-electron chi connectivity index (χ0n) is 17.6. The Morgan fingerprint density at radius 1 is 1.12 bits per heavy atom. The molecule has 1 N–H and O–H groups in total. The summed E-state index contributed by atoms with van der Waals surface area (Å²) in [4.78, 5) is 25.3. The fourth-order valence-corrected chi connectivity index (χ4v) is 5.24. The summed E-state index contributed by atoms with van der Waals surface area (Å²) in [6, 6.07) is 19.7. The number of fused-ring (bicyclic) bond motifs is 1. The number of benzene rings is 2. The third kappa shape index (κ3) is 4.21. The van der Waals surface area contributed by atoms with Crippen LogP contribution in [0.15, 0.2) is 65.5 Å². The normalized spacial score (nSPS) is 13.7. The minimum atomic E-state index is -0.0643. The number of methoxy groups -OCH3 is 1. The molecule has 2 aromatic carbocycles. The Balaban J connectivity index is 1.34. The van der Waals surface area contributed by atoms with Gasteiger partial charge in [-0.05, 0) is 48.5 Å². The first-order valence-electron chi connectivity index (χ1n) is 10.4. The van der Waals surface area contributed by atoms with Gasteiger partial charge in [-0.3, -0.25) is 9.69 Å². The van der Waals surface area contributed by atoms with Crippen molar-refractivity contribution in [3.05, 3.63) is 92.2 Å². The van der Waals surface area contributed by atoms with Gasteiger partial charge >= 0.3 is 0 Å². The van der Waals surface area contributed by atoms with Gasteiger partial charge in [-0.25, -0.2) is 4.98 Å². The minimum Gasteiger partial charge on any atom is -0.496 e. The van der Waals surface area contributed by atoms with E-state index in [0.717, 1.165) is 47.6 Å². The highest BCUT2D eigenvalue weighted by atomic mass is 35.5. The van der Waals surface area contributed by atoms with Crippen molar-refractivity contribution in [3.63, 3.8) is 0 Å². The van der Waals surface area contributed by atoms with Crippen molar-refractivity contribution >= 4 is 22.9 Å². The number of hydrogen-bond acceptors (Lipinski definition) is 5. The number of para-hydroxylation sites is 1. The molecular formula is C25H22ClN3O2S. The molecule has 1 aliphatic rings. The van der Waals surface area contributed by atoms with Crippen LogP contribution in [0.25, 0.3) is 21.8 Å². The van der Waals surface area contributed by atoms with E-state index in [1.165, 1.54) is 9.75 Å². The number of halogens is 1. The van der Waals surface area contributed by atoms with Crippen molar-refractivity contribution < 1.29 is 4.74 Å². The molecule has 1 aliphatic heterocycles. The van der Waals surface area contributed by atoms with E-state index in [1.807, 2.05) is 30.3 Å². The van der Waals surface area contributed by atoms with Gasteiger partial charge in [-0.1, -0.05) is 23.7 Å². The number of ether oxygens (including phenoxy) is 1. The van der Waals surface area contributed by atoms with Crippen molar-refractivity contribution in [1.29, 1.82) is 0 Å². The average Bonchev–Trinajstić information content (AvgIpc) is 3.28. The highest BCUT2D eigenvalue weighted by molar-refractivity contribution is 7.15. The topological polar surface area (TPSA) is 58.2 Å². The molecule has 32 heavy (non-hydrogen) atoms. The smallest absolute Gasteiger partial charge is 0.255 e. The molecule has 5 nitrogen and oxygen atoms in total. The van der Waals surface area contributed by atoms with Crippen LogP contribution in [0.2, 0.25) is 5.02 Å². The van der Waals surface area contributed by atoms with Gasteiger partial charge in [-0.15, -0.1) is 11.3 Å². The van der Waals surface area contributed by atoms with Crippen molar-refractivity contribution in [2.24, 2.45) is 0 Å². The molecule has 0 unspecified atom stereocenters. The molecule has 7 heteroatoms. The summed E-state index contributed by atoms with van der Waals surface area (Å²) in [5, 5.41) is 0.659. The standard InChI is InChI=1S/C25H22ClN3O2S/c1-31-22-5-3-2-4-19(22)23-11-10-18(32-23)14-29-13-12-21-20(15-29)25(30)28-24(27-21)16-6-8-17(26)9-7-16/h2-11H,12-15H2,1H3,(H,27,28,30). The monoisotopic (exact) mass is 463 g/mol. The van der Waals surface area contributed by atoms with Crippen LogP contribution in [0.4, 0.5) is 0 Å². The number of rotatable bonds is 5. The predicted octanol–water partition coefficient (Wildman–Crippen LogP) is 5.39. The van der Waals surface area contributed by atoms with E-state index in [2.05, 4.69) is 28.1 Å². The lowest BCUT2D eigenvalue weighted by Gasteiger charge is -2.27. The Morgan fingerprint density at radius 3 is 2.75 bits per heavy atom. The Hall–Kier alpha value is -2.93. The molecule has 0 atom stereocenters. The van der Waals surface area contributed by atoms with Crippen molar-refractivity contribution in [2.75, 3.05) is 13.7 Å². The van der Waals surface area contributed by atoms with Crippen LogP contribution < -0.4 is 10.3 Å². The molecule has 0 aliphatic carbocycles. The van der Waals surface area contributed by atoms with E-state index in [9.17, 15) is 4.79 Å². The zero-order chi connectivity index (χ0) is 22.1. The Kier molecular flexibility index (Phi) is 5.83. The first-order valence-corrected chi connectivity index (χ1v) is 11.6. The first-order chi connectivity index (χ1) is 15.6. The molecule has 4 aromatic rings. The molecule has 0 spiro atoms. The number of nitrogens with one attached hydrogen (secondary N) is 1.